The average Bonchev–Trinajstić information content (AvgIpc) is 2.52. The van der Waals surface area contributed by atoms with E-state index in [2.05, 4.69) is 32.1 Å². The summed E-state index contributed by atoms with van der Waals surface area (Å²) in [6.45, 7) is 1.85. The summed E-state index contributed by atoms with van der Waals surface area (Å²) in [7, 11) is -0.268. The van der Waals surface area contributed by atoms with Crippen molar-refractivity contribution in [1.82, 2.24) is 19.9 Å². The van der Waals surface area contributed by atoms with Crippen LogP contribution in [0.4, 0.5) is 0 Å². The maximum absolute atomic E-state index is 4.31. The van der Waals surface area contributed by atoms with E-state index in [4.69, 9.17) is 0 Å². The van der Waals surface area contributed by atoms with Gasteiger partial charge in [-0.25, -0.2) is 0 Å². The Morgan fingerprint density at radius 2 is 1.25 bits per heavy atom. The largest absolute Gasteiger partial charge is 0.337 e. The Kier molecular flexibility index (Phi) is 7.18. The van der Waals surface area contributed by atoms with E-state index in [1.807, 2.05) is 36.7 Å². The Labute approximate surface area is 125 Å². The lowest BCUT2D eigenvalue weighted by Crippen LogP contribution is -2.22. The van der Waals surface area contributed by atoms with Crippen LogP contribution >= 0.6 is 0 Å². The quantitative estimate of drug-likeness (QED) is 0.519. The monoisotopic (exact) mass is 302 g/mol. The van der Waals surface area contributed by atoms with Crippen molar-refractivity contribution in [2.24, 2.45) is 0 Å². The van der Waals surface area contributed by atoms with Crippen molar-refractivity contribution in [2.75, 3.05) is 0 Å². The van der Waals surface area contributed by atoms with Crippen LogP contribution in [-0.2, 0) is 13.1 Å². The molecule has 0 aliphatic carbocycles. The zero-order valence-electron chi connectivity index (χ0n) is 11.8. The lowest BCUT2D eigenvalue weighted by molar-refractivity contribution is 0.886. The molecule has 2 aromatic rings. The first kappa shape index (κ1) is 15.1. The first-order valence-electron chi connectivity index (χ1n) is 7.16. The molecule has 6 heteroatoms. The minimum Gasteiger partial charge on any atom is -0.337 e. The van der Waals surface area contributed by atoms with Crippen LogP contribution in [0, 0.1) is 0 Å². The minimum atomic E-state index is -0.134. The summed E-state index contributed by atoms with van der Waals surface area (Å²) in [4.78, 5) is 15.8. The molecule has 0 radical (unpaired) electrons. The fourth-order valence-corrected chi connectivity index (χ4v) is 5.30. The van der Waals surface area contributed by atoms with Crippen LogP contribution < -0.4 is 9.96 Å². The van der Waals surface area contributed by atoms with Crippen molar-refractivity contribution in [3.8, 4) is 0 Å². The summed E-state index contributed by atoms with van der Waals surface area (Å²) < 4.78 is 0. The van der Waals surface area contributed by atoms with E-state index in [1.165, 1.54) is 12.1 Å². The summed E-state index contributed by atoms with van der Waals surface area (Å²) in [5.41, 5.74) is 2.29. The van der Waals surface area contributed by atoms with Crippen LogP contribution in [0.1, 0.15) is 11.4 Å². The topological polar surface area (TPSA) is 49.8 Å². The standard InChI is InChI=1S/C14H22N4Si2/c1-3-7-15-13(5-1)11-17-19-9-10-20-18-12-14-6-2-4-8-16-14/h1-8,17-18H,9-12,19-20H2. The predicted molar refractivity (Wildman–Crippen MR) is 88.9 cm³/mol. The van der Waals surface area contributed by atoms with Crippen LogP contribution in [-0.4, -0.2) is 29.3 Å². The maximum Gasteiger partial charge on any atom is 0.0918 e. The molecule has 0 aliphatic heterocycles. The predicted octanol–water partition coefficient (Wildman–Crippen LogP) is 0.360. The third kappa shape index (κ3) is 6.20. The molecule has 0 saturated heterocycles. The van der Waals surface area contributed by atoms with Gasteiger partial charge in [0.25, 0.3) is 0 Å². The molecule has 2 heterocycles. The lowest BCUT2D eigenvalue weighted by Gasteiger charge is -2.05. The second-order valence-electron chi connectivity index (χ2n) is 4.70. The number of hydrogen-bond donors (Lipinski definition) is 2. The van der Waals surface area contributed by atoms with Crippen LogP contribution in [0.2, 0.25) is 12.1 Å². The van der Waals surface area contributed by atoms with Crippen molar-refractivity contribution < 1.29 is 0 Å². The van der Waals surface area contributed by atoms with E-state index in [-0.39, 0.29) is 19.4 Å². The number of rotatable bonds is 9. The smallest absolute Gasteiger partial charge is 0.0918 e. The van der Waals surface area contributed by atoms with Gasteiger partial charge in [0.15, 0.2) is 0 Å². The number of nitrogens with zero attached hydrogens (tertiary/aromatic N) is 2. The van der Waals surface area contributed by atoms with E-state index in [1.54, 1.807) is 0 Å². The Balaban J connectivity index is 1.44. The molecule has 0 saturated carbocycles. The van der Waals surface area contributed by atoms with Gasteiger partial charge in [-0.2, -0.15) is 0 Å². The number of aromatic nitrogens is 2. The molecule has 4 nitrogen and oxygen atoms in total. The van der Waals surface area contributed by atoms with Crippen molar-refractivity contribution in [3.63, 3.8) is 0 Å². The van der Waals surface area contributed by atoms with E-state index in [0.29, 0.717) is 0 Å². The van der Waals surface area contributed by atoms with E-state index >= 15 is 0 Å². The molecule has 0 bridgehead atoms. The van der Waals surface area contributed by atoms with E-state index in [0.717, 1.165) is 24.5 Å². The van der Waals surface area contributed by atoms with Crippen LogP contribution in [0.3, 0.4) is 0 Å². The highest BCUT2D eigenvalue weighted by atomic mass is 28.2. The molecular formula is C14H22N4Si2. The molecule has 0 atom stereocenters. The molecule has 20 heavy (non-hydrogen) atoms. The van der Waals surface area contributed by atoms with Crippen molar-refractivity contribution in [2.45, 2.75) is 25.2 Å². The second kappa shape index (κ2) is 9.54. The van der Waals surface area contributed by atoms with Gasteiger partial charge in [0.05, 0.1) is 30.8 Å². The first-order valence-corrected chi connectivity index (χ1v) is 10.6. The molecule has 0 fully saturated rings. The second-order valence-corrected chi connectivity index (χ2v) is 8.12. The average molecular weight is 303 g/mol. The van der Waals surface area contributed by atoms with Crippen molar-refractivity contribution in [1.29, 1.82) is 0 Å². The van der Waals surface area contributed by atoms with Gasteiger partial charge >= 0.3 is 0 Å². The van der Waals surface area contributed by atoms with Crippen LogP contribution in [0.25, 0.3) is 0 Å². The van der Waals surface area contributed by atoms with Crippen LogP contribution in [0.5, 0.6) is 0 Å². The SMILES string of the molecule is c1ccc(CN[SiH2]CC[SiH2]NCc2ccccn2)nc1. The van der Waals surface area contributed by atoms with Crippen LogP contribution in [0.15, 0.2) is 48.8 Å². The number of pyridine rings is 2. The molecule has 0 spiro atoms. The Morgan fingerprint density at radius 1 is 0.750 bits per heavy atom. The highest BCUT2D eigenvalue weighted by Crippen LogP contribution is 1.94. The fourth-order valence-electron chi connectivity index (χ4n) is 1.94. The lowest BCUT2D eigenvalue weighted by atomic mass is 10.4. The van der Waals surface area contributed by atoms with Crippen molar-refractivity contribution in [3.05, 3.63) is 60.2 Å². The minimum absolute atomic E-state index is 0.134. The highest BCUT2D eigenvalue weighted by molar-refractivity contribution is 6.38. The molecule has 0 unspecified atom stereocenters. The van der Waals surface area contributed by atoms with Gasteiger partial charge in [-0.1, -0.05) is 24.2 Å². The molecule has 106 valence electrons. The number of hydrogen-bond acceptors (Lipinski definition) is 4. The van der Waals surface area contributed by atoms with Gasteiger partial charge in [-0.3, -0.25) is 9.97 Å². The third-order valence-electron chi connectivity index (χ3n) is 3.02. The van der Waals surface area contributed by atoms with Crippen molar-refractivity contribution >= 4 is 19.4 Å². The molecule has 2 aromatic heterocycles. The summed E-state index contributed by atoms with van der Waals surface area (Å²) >= 11 is 0. The molecule has 2 rings (SSSR count). The van der Waals surface area contributed by atoms with E-state index < -0.39 is 0 Å². The number of nitrogens with one attached hydrogen (secondary N) is 2. The molecular weight excluding hydrogens is 280 g/mol. The Morgan fingerprint density at radius 3 is 1.65 bits per heavy atom. The zero-order valence-corrected chi connectivity index (χ0v) is 14.6. The third-order valence-corrected chi connectivity index (χ3v) is 6.94. The molecule has 0 amide bonds. The van der Waals surface area contributed by atoms with Gasteiger partial charge in [0.1, 0.15) is 0 Å². The summed E-state index contributed by atoms with van der Waals surface area (Å²) in [5.74, 6) is 0. The van der Waals surface area contributed by atoms with Gasteiger partial charge in [-0.05, 0) is 24.3 Å². The van der Waals surface area contributed by atoms with Gasteiger partial charge in [-0.15, -0.1) is 0 Å². The zero-order chi connectivity index (χ0) is 13.9. The highest BCUT2D eigenvalue weighted by Gasteiger charge is 1.95. The summed E-state index contributed by atoms with van der Waals surface area (Å²) in [6.07, 6.45) is 3.71. The molecule has 0 aromatic carbocycles. The Bertz CT molecular complexity index is 422. The van der Waals surface area contributed by atoms with Gasteiger partial charge < -0.3 is 9.96 Å². The fraction of sp³-hybridized carbons (Fsp3) is 0.286. The van der Waals surface area contributed by atoms with Gasteiger partial charge in [0.2, 0.25) is 0 Å². The molecule has 0 aliphatic rings. The van der Waals surface area contributed by atoms with Gasteiger partial charge in [0, 0.05) is 25.5 Å². The Hall–Kier alpha value is -1.35. The van der Waals surface area contributed by atoms with E-state index in [9.17, 15) is 0 Å². The molecule has 2 N–H and O–H groups in total. The maximum atomic E-state index is 4.31. The first-order chi connectivity index (χ1) is 9.95. The normalized spacial score (nSPS) is 11.8. The summed E-state index contributed by atoms with van der Waals surface area (Å²) in [5, 5.41) is 0. The summed E-state index contributed by atoms with van der Waals surface area (Å²) in [6, 6.07) is 14.9.